The summed E-state index contributed by atoms with van der Waals surface area (Å²) in [6.45, 7) is 16.0. The lowest BCUT2D eigenvalue weighted by Crippen LogP contribution is -2.27. The first-order valence-electron chi connectivity index (χ1n) is 7.68. The van der Waals surface area contributed by atoms with Crippen LogP contribution in [0.3, 0.4) is 0 Å². The van der Waals surface area contributed by atoms with Crippen molar-refractivity contribution in [1.29, 1.82) is 0 Å². The third kappa shape index (κ3) is 15.2. The van der Waals surface area contributed by atoms with E-state index in [0.717, 1.165) is 32.4 Å². The molecule has 0 aromatic heterocycles. The molecular formula is C16H35NO. The third-order valence-electron chi connectivity index (χ3n) is 1.92. The van der Waals surface area contributed by atoms with Crippen LogP contribution in [0.1, 0.15) is 74.1 Å². The highest BCUT2D eigenvalue weighted by atomic mass is 16.2. The number of hydrogen-bond donors (Lipinski definition) is 0. The Morgan fingerprint density at radius 2 is 1.39 bits per heavy atom. The van der Waals surface area contributed by atoms with Gasteiger partial charge in [0.25, 0.3) is 0 Å². The Hall–Kier alpha value is -0.790. The Morgan fingerprint density at radius 3 is 1.72 bits per heavy atom. The van der Waals surface area contributed by atoms with Crippen molar-refractivity contribution in [2.45, 2.75) is 74.1 Å². The first-order valence-corrected chi connectivity index (χ1v) is 7.68. The summed E-state index contributed by atoms with van der Waals surface area (Å²) in [5, 5.41) is 0. The summed E-state index contributed by atoms with van der Waals surface area (Å²) in [6.07, 6.45) is 8.19. The van der Waals surface area contributed by atoms with Gasteiger partial charge in [0.15, 0.2) is 0 Å². The smallest absolute Gasteiger partial charge is 0.223 e. The summed E-state index contributed by atoms with van der Waals surface area (Å²) < 4.78 is 0. The minimum atomic E-state index is 0.303. The average Bonchev–Trinajstić information content (AvgIpc) is 2.96. The van der Waals surface area contributed by atoms with Gasteiger partial charge in [0.05, 0.1) is 0 Å². The van der Waals surface area contributed by atoms with Crippen LogP contribution < -0.4 is 0 Å². The molecule has 1 rings (SSSR count). The quantitative estimate of drug-likeness (QED) is 0.648. The maximum absolute atomic E-state index is 11.3. The zero-order valence-electron chi connectivity index (χ0n) is 13.8. The van der Waals surface area contributed by atoms with Crippen molar-refractivity contribution < 1.29 is 4.79 Å². The van der Waals surface area contributed by atoms with Crippen LogP contribution in [-0.4, -0.2) is 23.9 Å². The van der Waals surface area contributed by atoms with E-state index in [1.165, 1.54) is 6.42 Å². The Morgan fingerprint density at radius 1 is 1.00 bits per heavy atom. The third-order valence-corrected chi connectivity index (χ3v) is 1.92. The standard InChI is InChI=1S/C9H15NO.C3H8.2C2H6/c1-2-3-6-9(11)10-7-4-5-8-10;1-3-2;2*1-2/h4-5H,2-3,6-8H2,1H3;3H2,1-2H3;2*1-2H3. The van der Waals surface area contributed by atoms with Crippen LogP contribution in [-0.2, 0) is 4.79 Å². The molecule has 2 nitrogen and oxygen atoms in total. The van der Waals surface area contributed by atoms with Gasteiger partial charge in [0.1, 0.15) is 0 Å². The summed E-state index contributed by atoms with van der Waals surface area (Å²) in [6, 6.07) is 0. The molecule has 2 heteroatoms. The van der Waals surface area contributed by atoms with E-state index < -0.39 is 0 Å². The van der Waals surface area contributed by atoms with Crippen LogP contribution in [0.4, 0.5) is 0 Å². The molecule has 0 aromatic carbocycles. The van der Waals surface area contributed by atoms with Crippen molar-refractivity contribution in [1.82, 2.24) is 4.90 Å². The molecule has 1 aliphatic heterocycles. The topological polar surface area (TPSA) is 20.3 Å². The molecule has 0 aliphatic carbocycles. The monoisotopic (exact) mass is 257 g/mol. The maximum Gasteiger partial charge on any atom is 0.223 e. The van der Waals surface area contributed by atoms with Crippen molar-refractivity contribution >= 4 is 5.91 Å². The molecule has 0 fully saturated rings. The van der Waals surface area contributed by atoms with Crippen molar-refractivity contribution in [3.63, 3.8) is 0 Å². The number of rotatable bonds is 3. The second-order valence-corrected chi connectivity index (χ2v) is 3.58. The number of unbranched alkanes of at least 4 members (excludes halogenated alkanes) is 1. The van der Waals surface area contributed by atoms with Gasteiger partial charge < -0.3 is 4.90 Å². The molecular weight excluding hydrogens is 222 g/mol. The molecule has 110 valence electrons. The molecule has 0 saturated heterocycles. The summed E-state index contributed by atoms with van der Waals surface area (Å²) >= 11 is 0. The van der Waals surface area contributed by atoms with Gasteiger partial charge in [-0.25, -0.2) is 0 Å². The minimum absolute atomic E-state index is 0.303. The predicted molar refractivity (Wildman–Crippen MR) is 83.9 cm³/mol. The molecule has 1 aliphatic rings. The molecule has 0 N–H and O–H groups in total. The van der Waals surface area contributed by atoms with E-state index in [9.17, 15) is 4.79 Å². The fourth-order valence-corrected chi connectivity index (χ4v) is 1.17. The summed E-state index contributed by atoms with van der Waals surface area (Å²) in [5.41, 5.74) is 0. The molecule has 1 heterocycles. The number of amides is 1. The van der Waals surface area contributed by atoms with Gasteiger partial charge in [-0.05, 0) is 6.42 Å². The lowest BCUT2D eigenvalue weighted by atomic mass is 10.2. The Bertz CT molecular complexity index is 168. The van der Waals surface area contributed by atoms with E-state index in [1.807, 2.05) is 44.7 Å². The van der Waals surface area contributed by atoms with E-state index in [2.05, 4.69) is 20.8 Å². The van der Waals surface area contributed by atoms with Crippen molar-refractivity contribution in [2.75, 3.05) is 13.1 Å². The number of hydrogen-bond acceptors (Lipinski definition) is 1. The van der Waals surface area contributed by atoms with Gasteiger partial charge in [0.2, 0.25) is 5.91 Å². The van der Waals surface area contributed by atoms with Gasteiger partial charge in [0, 0.05) is 19.5 Å². The second kappa shape index (κ2) is 21.5. The van der Waals surface area contributed by atoms with Crippen LogP contribution >= 0.6 is 0 Å². The van der Waals surface area contributed by atoms with Gasteiger partial charge >= 0.3 is 0 Å². The first-order chi connectivity index (χ1) is 8.76. The zero-order chi connectivity index (χ0) is 14.8. The lowest BCUT2D eigenvalue weighted by molar-refractivity contribution is -0.129. The van der Waals surface area contributed by atoms with E-state index in [-0.39, 0.29) is 0 Å². The maximum atomic E-state index is 11.3. The van der Waals surface area contributed by atoms with Gasteiger partial charge in [-0.1, -0.05) is 73.5 Å². The first kappa shape index (κ1) is 22.4. The predicted octanol–water partition coefficient (Wildman–Crippen LogP) is 5.04. The fourth-order valence-electron chi connectivity index (χ4n) is 1.17. The van der Waals surface area contributed by atoms with Crippen LogP contribution in [0.25, 0.3) is 0 Å². The van der Waals surface area contributed by atoms with Crippen LogP contribution in [0.5, 0.6) is 0 Å². The molecule has 0 atom stereocenters. The molecule has 1 amide bonds. The minimum Gasteiger partial charge on any atom is -0.335 e. The average molecular weight is 257 g/mol. The van der Waals surface area contributed by atoms with E-state index in [4.69, 9.17) is 0 Å². The molecule has 0 radical (unpaired) electrons. The van der Waals surface area contributed by atoms with Gasteiger partial charge in [-0.2, -0.15) is 0 Å². The summed E-state index contributed by atoms with van der Waals surface area (Å²) in [4.78, 5) is 13.2. The SMILES string of the molecule is CC.CC.CCC.CCCCC(=O)N1CC=CC1. The molecule has 0 unspecified atom stereocenters. The van der Waals surface area contributed by atoms with Crippen LogP contribution in [0.15, 0.2) is 12.2 Å². The van der Waals surface area contributed by atoms with E-state index in [0.29, 0.717) is 5.91 Å². The second-order valence-electron chi connectivity index (χ2n) is 3.58. The lowest BCUT2D eigenvalue weighted by Gasteiger charge is -2.14. The van der Waals surface area contributed by atoms with Crippen LogP contribution in [0, 0.1) is 0 Å². The molecule has 0 spiro atoms. The van der Waals surface area contributed by atoms with Crippen molar-refractivity contribution in [3.8, 4) is 0 Å². The summed E-state index contributed by atoms with van der Waals surface area (Å²) in [5.74, 6) is 0.303. The van der Waals surface area contributed by atoms with Gasteiger partial charge in [-0.3, -0.25) is 4.79 Å². The number of nitrogens with zero attached hydrogens (tertiary/aromatic N) is 1. The van der Waals surface area contributed by atoms with E-state index in [1.54, 1.807) is 0 Å². The number of carbonyl (C=O) groups excluding carboxylic acids is 1. The fraction of sp³-hybridized carbons (Fsp3) is 0.812. The van der Waals surface area contributed by atoms with Crippen molar-refractivity contribution in [3.05, 3.63) is 12.2 Å². The Labute approximate surface area is 115 Å². The highest BCUT2D eigenvalue weighted by Crippen LogP contribution is 2.04. The number of carbonyl (C=O) groups is 1. The molecule has 0 bridgehead atoms. The molecule has 0 saturated carbocycles. The van der Waals surface area contributed by atoms with Gasteiger partial charge in [-0.15, -0.1) is 0 Å². The van der Waals surface area contributed by atoms with Crippen molar-refractivity contribution in [2.24, 2.45) is 0 Å². The van der Waals surface area contributed by atoms with E-state index >= 15 is 0 Å². The zero-order valence-corrected chi connectivity index (χ0v) is 13.8. The largest absolute Gasteiger partial charge is 0.335 e. The normalized spacial score (nSPS) is 11.4. The summed E-state index contributed by atoms with van der Waals surface area (Å²) in [7, 11) is 0. The molecule has 18 heavy (non-hydrogen) atoms. The van der Waals surface area contributed by atoms with Crippen LogP contribution in [0.2, 0.25) is 0 Å². The Kier molecular flexibility index (Phi) is 26.7. The molecule has 0 aromatic rings. The highest BCUT2D eigenvalue weighted by Gasteiger charge is 2.12. The highest BCUT2D eigenvalue weighted by molar-refractivity contribution is 5.76. The Balaban J connectivity index is -0.000000274.